The number of nitrogens with two attached hydrogens (primary N) is 2. The zero-order chi connectivity index (χ0) is 10.0. The first kappa shape index (κ1) is 9.98. The van der Waals surface area contributed by atoms with Gasteiger partial charge in [0.1, 0.15) is 0 Å². The van der Waals surface area contributed by atoms with Gasteiger partial charge in [-0.3, -0.25) is 9.59 Å². The van der Waals surface area contributed by atoms with Gasteiger partial charge in [-0.15, -0.1) is 0 Å². The Kier molecular flexibility index (Phi) is 2.87. The van der Waals surface area contributed by atoms with Gasteiger partial charge in [-0.1, -0.05) is 0 Å². The van der Waals surface area contributed by atoms with E-state index in [1.807, 2.05) is 0 Å². The summed E-state index contributed by atoms with van der Waals surface area (Å²) in [6.45, 7) is 0.657. The van der Waals surface area contributed by atoms with Crippen molar-refractivity contribution in [1.29, 1.82) is 0 Å². The van der Waals surface area contributed by atoms with Gasteiger partial charge in [0.25, 0.3) is 0 Å². The van der Waals surface area contributed by atoms with Crippen LogP contribution >= 0.6 is 0 Å². The van der Waals surface area contributed by atoms with Gasteiger partial charge in [-0.05, 0) is 12.3 Å². The Morgan fingerprint density at radius 2 is 2.31 bits per heavy atom. The summed E-state index contributed by atoms with van der Waals surface area (Å²) in [6.07, 6.45) is 1.09. The Morgan fingerprint density at radius 1 is 1.69 bits per heavy atom. The molecule has 0 aromatic carbocycles. The summed E-state index contributed by atoms with van der Waals surface area (Å²) in [7, 11) is 1.74. The Bertz CT molecular complexity index is 229. The molecule has 13 heavy (non-hydrogen) atoms. The van der Waals surface area contributed by atoms with Gasteiger partial charge in [0.2, 0.25) is 11.8 Å². The maximum atomic E-state index is 11.2. The fourth-order valence-electron chi connectivity index (χ4n) is 1.51. The SMILES string of the molecule is CN1CCC(C(N)C(N)=O)CC1=O. The summed E-state index contributed by atoms with van der Waals surface area (Å²) >= 11 is 0. The monoisotopic (exact) mass is 185 g/mol. The number of piperidine rings is 1. The van der Waals surface area contributed by atoms with Crippen molar-refractivity contribution in [2.24, 2.45) is 17.4 Å². The molecule has 2 atom stereocenters. The lowest BCUT2D eigenvalue weighted by molar-refractivity contribution is -0.134. The minimum Gasteiger partial charge on any atom is -0.368 e. The normalized spacial score (nSPS) is 25.8. The van der Waals surface area contributed by atoms with Crippen LogP contribution in [0.2, 0.25) is 0 Å². The van der Waals surface area contributed by atoms with Gasteiger partial charge >= 0.3 is 0 Å². The lowest BCUT2D eigenvalue weighted by atomic mass is 9.89. The molecule has 4 N–H and O–H groups in total. The van der Waals surface area contributed by atoms with Crippen molar-refractivity contribution >= 4 is 11.8 Å². The smallest absolute Gasteiger partial charge is 0.234 e. The molecule has 0 bridgehead atoms. The van der Waals surface area contributed by atoms with E-state index in [9.17, 15) is 9.59 Å². The molecule has 1 saturated heterocycles. The van der Waals surface area contributed by atoms with E-state index >= 15 is 0 Å². The van der Waals surface area contributed by atoms with Crippen LogP contribution in [0.4, 0.5) is 0 Å². The molecule has 0 aliphatic carbocycles. The number of hydrogen-bond donors (Lipinski definition) is 2. The Balaban J connectivity index is 2.55. The van der Waals surface area contributed by atoms with Crippen LogP contribution in [0, 0.1) is 5.92 Å². The van der Waals surface area contributed by atoms with Gasteiger partial charge in [0, 0.05) is 20.0 Å². The Hall–Kier alpha value is -1.10. The molecule has 74 valence electrons. The molecule has 5 nitrogen and oxygen atoms in total. The molecule has 0 radical (unpaired) electrons. The number of likely N-dealkylation sites (tertiary alicyclic amines) is 1. The van der Waals surface area contributed by atoms with Crippen LogP contribution < -0.4 is 11.5 Å². The quantitative estimate of drug-likeness (QED) is 0.558. The average molecular weight is 185 g/mol. The maximum absolute atomic E-state index is 11.2. The van der Waals surface area contributed by atoms with Gasteiger partial charge < -0.3 is 16.4 Å². The largest absolute Gasteiger partial charge is 0.368 e. The summed E-state index contributed by atoms with van der Waals surface area (Å²) in [5.74, 6) is -0.573. The van der Waals surface area contributed by atoms with Crippen LogP contribution in [0.15, 0.2) is 0 Å². The zero-order valence-corrected chi connectivity index (χ0v) is 7.69. The first-order chi connectivity index (χ1) is 6.02. The molecule has 5 heteroatoms. The molecule has 1 aliphatic rings. The van der Waals surface area contributed by atoms with Crippen LogP contribution in [0.5, 0.6) is 0 Å². The third-order valence-electron chi connectivity index (χ3n) is 2.53. The Labute approximate surface area is 77.1 Å². The lowest BCUT2D eigenvalue weighted by Gasteiger charge is -2.30. The summed E-state index contributed by atoms with van der Waals surface area (Å²) in [6, 6.07) is -0.683. The number of primary amides is 1. The van der Waals surface area contributed by atoms with Crippen LogP contribution in [-0.4, -0.2) is 36.3 Å². The van der Waals surface area contributed by atoms with Crippen molar-refractivity contribution in [3.8, 4) is 0 Å². The van der Waals surface area contributed by atoms with Gasteiger partial charge in [0.15, 0.2) is 0 Å². The van der Waals surface area contributed by atoms with Crippen LogP contribution in [0.1, 0.15) is 12.8 Å². The first-order valence-electron chi connectivity index (χ1n) is 4.31. The molecule has 0 spiro atoms. The topological polar surface area (TPSA) is 89.4 Å². The molecule has 2 amide bonds. The zero-order valence-electron chi connectivity index (χ0n) is 7.69. The highest BCUT2D eigenvalue weighted by atomic mass is 16.2. The minimum absolute atomic E-state index is 0.0351. The molecule has 0 aromatic heterocycles. The molecule has 1 aliphatic heterocycles. The van der Waals surface area contributed by atoms with Crippen LogP contribution in [0.25, 0.3) is 0 Å². The highest BCUT2D eigenvalue weighted by Gasteiger charge is 2.30. The van der Waals surface area contributed by atoms with Crippen molar-refractivity contribution in [1.82, 2.24) is 4.90 Å². The van der Waals surface area contributed by atoms with Crippen molar-refractivity contribution in [2.75, 3.05) is 13.6 Å². The number of nitrogens with zero attached hydrogens (tertiary/aromatic N) is 1. The highest BCUT2D eigenvalue weighted by Crippen LogP contribution is 2.19. The van der Waals surface area contributed by atoms with Gasteiger partial charge in [-0.25, -0.2) is 0 Å². The molecular formula is C8H15N3O2. The number of rotatable bonds is 2. The van der Waals surface area contributed by atoms with Crippen molar-refractivity contribution in [3.05, 3.63) is 0 Å². The standard InChI is InChI=1S/C8H15N3O2/c1-11-3-2-5(4-6(11)12)7(9)8(10)13/h5,7H,2-4,9H2,1H3,(H2,10,13). The van der Waals surface area contributed by atoms with Crippen LogP contribution in [-0.2, 0) is 9.59 Å². The van der Waals surface area contributed by atoms with Crippen molar-refractivity contribution < 1.29 is 9.59 Å². The lowest BCUT2D eigenvalue weighted by Crippen LogP contribution is -2.48. The van der Waals surface area contributed by atoms with Crippen molar-refractivity contribution in [3.63, 3.8) is 0 Å². The van der Waals surface area contributed by atoms with E-state index in [2.05, 4.69) is 0 Å². The van der Waals surface area contributed by atoms with E-state index in [1.54, 1.807) is 11.9 Å². The van der Waals surface area contributed by atoms with E-state index in [-0.39, 0.29) is 11.8 Å². The summed E-state index contributed by atoms with van der Waals surface area (Å²) < 4.78 is 0. The summed E-state index contributed by atoms with van der Waals surface area (Å²) in [4.78, 5) is 23.7. The third kappa shape index (κ3) is 2.18. The van der Waals surface area contributed by atoms with Gasteiger partial charge in [-0.2, -0.15) is 0 Å². The predicted molar refractivity (Wildman–Crippen MR) is 47.5 cm³/mol. The molecule has 0 aromatic rings. The van der Waals surface area contributed by atoms with E-state index in [0.29, 0.717) is 13.0 Å². The second-order valence-corrected chi connectivity index (χ2v) is 3.50. The fraction of sp³-hybridized carbons (Fsp3) is 0.750. The summed E-state index contributed by atoms with van der Waals surface area (Å²) in [5.41, 5.74) is 10.6. The molecule has 0 saturated carbocycles. The van der Waals surface area contributed by atoms with Crippen LogP contribution in [0.3, 0.4) is 0 Å². The molecule has 1 fully saturated rings. The van der Waals surface area contributed by atoms with E-state index in [4.69, 9.17) is 11.5 Å². The van der Waals surface area contributed by atoms with E-state index < -0.39 is 11.9 Å². The highest BCUT2D eigenvalue weighted by molar-refractivity contribution is 5.82. The van der Waals surface area contributed by atoms with E-state index in [0.717, 1.165) is 6.42 Å². The molecule has 1 heterocycles. The molecule has 2 unspecified atom stereocenters. The molecular weight excluding hydrogens is 170 g/mol. The maximum Gasteiger partial charge on any atom is 0.234 e. The third-order valence-corrected chi connectivity index (χ3v) is 2.53. The number of hydrogen-bond acceptors (Lipinski definition) is 3. The second-order valence-electron chi connectivity index (χ2n) is 3.50. The second kappa shape index (κ2) is 3.74. The number of amides is 2. The molecule has 1 rings (SSSR count). The summed E-state index contributed by atoms with van der Waals surface area (Å²) in [5, 5.41) is 0. The number of carbonyl (C=O) groups is 2. The first-order valence-corrected chi connectivity index (χ1v) is 4.31. The van der Waals surface area contributed by atoms with E-state index in [1.165, 1.54) is 0 Å². The average Bonchev–Trinajstić information content (AvgIpc) is 2.08. The minimum atomic E-state index is -0.683. The van der Waals surface area contributed by atoms with Crippen molar-refractivity contribution in [2.45, 2.75) is 18.9 Å². The van der Waals surface area contributed by atoms with Gasteiger partial charge in [0.05, 0.1) is 6.04 Å². The predicted octanol–water partition coefficient (Wildman–Crippen LogP) is -1.33. The Morgan fingerprint density at radius 3 is 2.77 bits per heavy atom. The fourth-order valence-corrected chi connectivity index (χ4v) is 1.51. The number of carbonyl (C=O) groups excluding carboxylic acids is 2.